The van der Waals surface area contributed by atoms with Gasteiger partial charge in [0.05, 0.1) is 25.4 Å². The summed E-state index contributed by atoms with van der Waals surface area (Å²) in [4.78, 5) is 38.1. The van der Waals surface area contributed by atoms with Gasteiger partial charge in [-0.2, -0.15) is 0 Å². The number of methoxy groups -OCH3 is 2. The van der Waals surface area contributed by atoms with Crippen LogP contribution >= 0.6 is 0 Å². The Bertz CT molecular complexity index is 1200. The summed E-state index contributed by atoms with van der Waals surface area (Å²) >= 11 is 0. The molecule has 0 aliphatic rings. The summed E-state index contributed by atoms with van der Waals surface area (Å²) in [6, 6.07) is 9.42. The smallest absolute Gasteiger partial charge is 0.271 e. The highest BCUT2D eigenvalue weighted by Crippen LogP contribution is 2.34. The van der Waals surface area contributed by atoms with E-state index < -0.39 is 39.3 Å². The van der Waals surface area contributed by atoms with Crippen LogP contribution < -0.4 is 19.1 Å². The highest BCUT2D eigenvalue weighted by molar-refractivity contribution is 7.92. The molecule has 0 aromatic heterocycles. The van der Waals surface area contributed by atoms with E-state index in [0.717, 1.165) is 16.6 Å². The Kier molecular flexibility index (Phi) is 9.61. The van der Waals surface area contributed by atoms with Gasteiger partial charge in [0.2, 0.25) is 21.8 Å². The third-order valence-corrected chi connectivity index (χ3v) is 6.59. The number of amides is 2. The minimum atomic E-state index is -4.10. The first-order valence-electron chi connectivity index (χ1n) is 10.9. The van der Waals surface area contributed by atoms with Crippen LogP contribution in [-0.2, 0) is 26.2 Å². The summed E-state index contributed by atoms with van der Waals surface area (Å²) in [5.74, 6) is -0.465. The zero-order valence-electron chi connectivity index (χ0n) is 20.8. The van der Waals surface area contributed by atoms with E-state index >= 15 is 0 Å². The number of benzene rings is 2. The van der Waals surface area contributed by atoms with Gasteiger partial charge in [-0.1, -0.05) is 19.1 Å². The maximum absolute atomic E-state index is 13.6. The average molecular weight is 523 g/mol. The molecule has 36 heavy (non-hydrogen) atoms. The highest BCUT2D eigenvalue weighted by Gasteiger charge is 2.32. The van der Waals surface area contributed by atoms with Crippen molar-refractivity contribution in [3.05, 3.63) is 58.1 Å². The molecular formula is C23H30N4O8S. The van der Waals surface area contributed by atoms with E-state index in [4.69, 9.17) is 9.47 Å². The molecule has 0 bridgehead atoms. The monoisotopic (exact) mass is 522 g/mol. The van der Waals surface area contributed by atoms with Gasteiger partial charge in [0.1, 0.15) is 29.8 Å². The van der Waals surface area contributed by atoms with Crippen molar-refractivity contribution < 1.29 is 32.4 Å². The molecule has 0 spiro atoms. The molecule has 0 saturated heterocycles. The van der Waals surface area contributed by atoms with Crippen LogP contribution in [0.25, 0.3) is 0 Å². The van der Waals surface area contributed by atoms with Gasteiger partial charge in [-0.3, -0.25) is 24.0 Å². The van der Waals surface area contributed by atoms with Crippen LogP contribution in [0, 0.1) is 10.1 Å². The Morgan fingerprint density at radius 2 is 1.75 bits per heavy atom. The molecule has 196 valence electrons. The van der Waals surface area contributed by atoms with E-state index in [9.17, 15) is 28.1 Å². The van der Waals surface area contributed by atoms with Crippen molar-refractivity contribution >= 4 is 33.2 Å². The molecule has 0 heterocycles. The van der Waals surface area contributed by atoms with E-state index in [1.54, 1.807) is 31.2 Å². The van der Waals surface area contributed by atoms with E-state index in [0.29, 0.717) is 11.3 Å². The first-order chi connectivity index (χ1) is 17.0. The van der Waals surface area contributed by atoms with Gasteiger partial charge < -0.3 is 19.7 Å². The number of nitro benzene ring substituents is 1. The molecule has 13 heteroatoms. The predicted octanol–water partition coefficient (Wildman–Crippen LogP) is 1.93. The number of carbonyl (C=O) groups excluding carboxylic acids is 2. The Morgan fingerprint density at radius 3 is 2.22 bits per heavy atom. The predicted molar refractivity (Wildman–Crippen MR) is 134 cm³/mol. The minimum Gasteiger partial charge on any atom is -0.497 e. The van der Waals surface area contributed by atoms with Crippen LogP contribution in [0.5, 0.6) is 11.5 Å². The number of hydrogen-bond acceptors (Lipinski definition) is 8. The molecule has 0 aliphatic heterocycles. The number of non-ortho nitro benzene ring substituents is 1. The summed E-state index contributed by atoms with van der Waals surface area (Å²) in [7, 11) is 0.145. The number of nitrogens with zero attached hydrogens (tertiary/aromatic N) is 3. The molecule has 0 radical (unpaired) electrons. The molecule has 2 amide bonds. The summed E-state index contributed by atoms with van der Waals surface area (Å²) < 4.78 is 36.6. The molecule has 0 fully saturated rings. The van der Waals surface area contributed by atoms with Gasteiger partial charge in [-0.05, 0) is 30.2 Å². The third kappa shape index (κ3) is 6.84. The van der Waals surface area contributed by atoms with Gasteiger partial charge in [0.25, 0.3) is 5.69 Å². The summed E-state index contributed by atoms with van der Waals surface area (Å²) in [5.41, 5.74) is 0.143. The summed E-state index contributed by atoms with van der Waals surface area (Å²) in [6.45, 7) is 1.03. The van der Waals surface area contributed by atoms with Crippen LogP contribution in [0.3, 0.4) is 0 Å². The Balaban J connectivity index is 2.53. The number of nitrogens with one attached hydrogen (secondary N) is 1. The molecule has 0 unspecified atom stereocenters. The average Bonchev–Trinajstić information content (AvgIpc) is 2.85. The number of likely N-dealkylation sites (N-methyl/N-ethyl adjacent to an activating group) is 1. The summed E-state index contributed by atoms with van der Waals surface area (Å²) in [6.07, 6.45) is 1.14. The molecule has 0 saturated carbocycles. The highest BCUT2D eigenvalue weighted by atomic mass is 32.2. The first-order valence-corrected chi connectivity index (χ1v) is 12.8. The topological polar surface area (TPSA) is 148 Å². The second-order valence-corrected chi connectivity index (χ2v) is 9.70. The van der Waals surface area contributed by atoms with E-state index in [-0.39, 0.29) is 30.1 Å². The van der Waals surface area contributed by atoms with E-state index in [2.05, 4.69) is 5.32 Å². The minimum absolute atomic E-state index is 0.0123. The number of ether oxygens (including phenoxy) is 2. The normalized spacial score (nSPS) is 11.8. The molecule has 2 aromatic rings. The number of nitro groups is 1. The zero-order chi connectivity index (χ0) is 27.0. The Labute approximate surface area is 210 Å². The lowest BCUT2D eigenvalue weighted by molar-refractivity contribution is -0.384. The van der Waals surface area contributed by atoms with Crippen molar-refractivity contribution in [2.45, 2.75) is 25.9 Å². The second kappa shape index (κ2) is 12.2. The lowest BCUT2D eigenvalue weighted by Crippen LogP contribution is -2.51. The van der Waals surface area contributed by atoms with Crippen LogP contribution in [0.2, 0.25) is 0 Å². The van der Waals surface area contributed by atoms with Crippen molar-refractivity contribution in [1.29, 1.82) is 0 Å². The molecule has 12 nitrogen and oxygen atoms in total. The largest absolute Gasteiger partial charge is 0.497 e. The lowest BCUT2D eigenvalue weighted by atomic mass is 10.1. The molecule has 2 aromatic carbocycles. The quantitative estimate of drug-likeness (QED) is 0.328. The van der Waals surface area contributed by atoms with E-state index in [1.807, 2.05) is 0 Å². The number of hydrogen-bond donors (Lipinski definition) is 1. The molecule has 1 atom stereocenters. The maximum Gasteiger partial charge on any atom is 0.271 e. The van der Waals surface area contributed by atoms with Crippen molar-refractivity contribution in [1.82, 2.24) is 10.2 Å². The van der Waals surface area contributed by atoms with Crippen molar-refractivity contribution in [3.63, 3.8) is 0 Å². The van der Waals surface area contributed by atoms with Gasteiger partial charge in [-0.25, -0.2) is 8.42 Å². The number of carbonyl (C=O) groups is 2. The Morgan fingerprint density at radius 1 is 1.11 bits per heavy atom. The number of rotatable bonds is 12. The van der Waals surface area contributed by atoms with Gasteiger partial charge in [0.15, 0.2) is 0 Å². The van der Waals surface area contributed by atoms with Crippen molar-refractivity contribution in [2.24, 2.45) is 0 Å². The SMILES string of the molecule is CC[C@@H](C(=O)NC)N(Cc1ccc(OC)cc1)C(=O)CN(c1cc([N+](=O)[O-])ccc1OC)S(C)(=O)=O. The van der Waals surface area contributed by atoms with Crippen LogP contribution in [0.4, 0.5) is 11.4 Å². The maximum atomic E-state index is 13.6. The first kappa shape index (κ1) is 28.4. The van der Waals surface area contributed by atoms with E-state index in [1.165, 1.54) is 38.3 Å². The van der Waals surface area contributed by atoms with Crippen molar-refractivity contribution in [2.75, 3.05) is 38.4 Å². The lowest BCUT2D eigenvalue weighted by Gasteiger charge is -2.32. The zero-order valence-corrected chi connectivity index (χ0v) is 21.6. The molecule has 0 aliphatic carbocycles. The fraction of sp³-hybridized carbons (Fsp3) is 0.391. The fourth-order valence-corrected chi connectivity index (χ4v) is 4.44. The standard InChI is InChI=1S/C23H30N4O8S/c1-6-19(23(29)24-2)25(14-16-7-10-18(34-3)11-8-16)22(28)15-26(36(5,32)33)20-13-17(27(30)31)9-12-21(20)35-4/h7-13,19H,6,14-15H2,1-5H3,(H,24,29)/t19-/m0/s1. The van der Waals surface area contributed by atoms with Gasteiger partial charge in [0, 0.05) is 25.7 Å². The van der Waals surface area contributed by atoms with Gasteiger partial charge >= 0.3 is 0 Å². The van der Waals surface area contributed by atoms with Crippen molar-refractivity contribution in [3.8, 4) is 11.5 Å². The third-order valence-electron chi connectivity index (χ3n) is 5.47. The van der Waals surface area contributed by atoms with Crippen LogP contribution in [0.1, 0.15) is 18.9 Å². The summed E-state index contributed by atoms with van der Waals surface area (Å²) in [5, 5.41) is 13.8. The van der Waals surface area contributed by atoms with Gasteiger partial charge in [-0.15, -0.1) is 0 Å². The number of anilines is 1. The molecule has 1 N–H and O–H groups in total. The van der Waals surface area contributed by atoms with Crippen LogP contribution in [0.15, 0.2) is 42.5 Å². The molecule has 2 rings (SSSR count). The van der Waals surface area contributed by atoms with Crippen LogP contribution in [-0.4, -0.2) is 70.2 Å². The molecular weight excluding hydrogens is 492 g/mol. The number of sulfonamides is 1. The Hall–Kier alpha value is -3.87. The fourth-order valence-electron chi connectivity index (χ4n) is 3.60. The second-order valence-electron chi connectivity index (χ2n) is 7.79.